The fraction of sp³-hybridized carbons (Fsp3) is 0.381. The topological polar surface area (TPSA) is 85.4 Å². The first-order valence-corrected chi connectivity index (χ1v) is 11.1. The Morgan fingerprint density at radius 3 is 1.97 bits per heavy atom. The molecule has 0 aliphatic carbocycles. The summed E-state index contributed by atoms with van der Waals surface area (Å²) in [6.07, 6.45) is 0. The molecule has 3 rings (SSSR count). The summed E-state index contributed by atoms with van der Waals surface area (Å²) in [5, 5.41) is 0. The molecule has 1 aliphatic heterocycles. The molecular formula is C21H26N2O6S. The third-order valence-electron chi connectivity index (χ3n) is 4.90. The number of sulfonamides is 1. The Bertz CT molecular complexity index is 961. The highest BCUT2D eigenvalue weighted by Crippen LogP contribution is 2.25. The van der Waals surface area contributed by atoms with Gasteiger partial charge in [0.05, 0.1) is 25.7 Å². The smallest absolute Gasteiger partial charge is 0.254 e. The van der Waals surface area contributed by atoms with Crippen LogP contribution < -0.4 is 14.2 Å². The van der Waals surface area contributed by atoms with Crippen LogP contribution in [0, 0.1) is 0 Å². The van der Waals surface area contributed by atoms with Crippen LogP contribution in [-0.4, -0.2) is 70.5 Å². The maximum absolute atomic E-state index is 12.9. The van der Waals surface area contributed by atoms with Crippen molar-refractivity contribution in [2.24, 2.45) is 0 Å². The molecule has 2 aromatic rings. The van der Waals surface area contributed by atoms with Gasteiger partial charge in [0.2, 0.25) is 10.0 Å². The number of benzene rings is 2. The van der Waals surface area contributed by atoms with E-state index in [-0.39, 0.29) is 23.9 Å². The molecule has 0 unspecified atom stereocenters. The minimum absolute atomic E-state index is 0.190. The molecule has 0 spiro atoms. The van der Waals surface area contributed by atoms with Crippen molar-refractivity contribution in [1.29, 1.82) is 0 Å². The molecule has 30 heavy (non-hydrogen) atoms. The van der Waals surface area contributed by atoms with E-state index >= 15 is 0 Å². The molecule has 0 aromatic heterocycles. The van der Waals surface area contributed by atoms with E-state index in [0.717, 1.165) is 0 Å². The SMILES string of the molecule is CCOc1ccc(S(=O)(=O)N2CCN(C(=O)c3cc(OC)cc(OC)c3)CC2)cc1. The molecule has 0 atom stereocenters. The Morgan fingerprint density at radius 1 is 0.900 bits per heavy atom. The monoisotopic (exact) mass is 434 g/mol. The van der Waals surface area contributed by atoms with Crippen LogP contribution in [0.15, 0.2) is 47.4 Å². The Balaban J connectivity index is 1.68. The summed E-state index contributed by atoms with van der Waals surface area (Å²) in [5.74, 6) is 1.48. The van der Waals surface area contributed by atoms with Gasteiger partial charge in [-0.15, -0.1) is 0 Å². The number of ether oxygens (including phenoxy) is 3. The Labute approximate surface area is 177 Å². The highest BCUT2D eigenvalue weighted by molar-refractivity contribution is 7.89. The standard InChI is InChI=1S/C21H26N2O6S/c1-4-29-17-5-7-20(8-6-17)30(25,26)23-11-9-22(10-12-23)21(24)16-13-18(27-2)15-19(14-16)28-3/h5-8,13-15H,4,9-12H2,1-3H3. The number of nitrogens with zero attached hydrogens (tertiary/aromatic N) is 2. The van der Waals surface area contributed by atoms with E-state index < -0.39 is 10.0 Å². The van der Waals surface area contributed by atoms with Gasteiger partial charge in [-0.05, 0) is 43.3 Å². The second kappa shape index (κ2) is 9.36. The molecular weight excluding hydrogens is 408 g/mol. The van der Waals surface area contributed by atoms with Crippen LogP contribution in [0.25, 0.3) is 0 Å². The normalized spacial score (nSPS) is 15.0. The maximum atomic E-state index is 12.9. The lowest BCUT2D eigenvalue weighted by atomic mass is 10.1. The van der Waals surface area contributed by atoms with Crippen molar-refractivity contribution in [3.8, 4) is 17.2 Å². The van der Waals surface area contributed by atoms with Crippen LogP contribution in [0.1, 0.15) is 17.3 Å². The van der Waals surface area contributed by atoms with Crippen LogP contribution in [0.2, 0.25) is 0 Å². The first-order valence-electron chi connectivity index (χ1n) is 9.64. The fourth-order valence-electron chi connectivity index (χ4n) is 3.27. The minimum atomic E-state index is -3.63. The van der Waals surface area contributed by atoms with Gasteiger partial charge in [0.25, 0.3) is 5.91 Å². The van der Waals surface area contributed by atoms with Gasteiger partial charge in [0.15, 0.2) is 0 Å². The average Bonchev–Trinajstić information content (AvgIpc) is 2.78. The zero-order valence-corrected chi connectivity index (χ0v) is 18.1. The summed E-state index contributed by atoms with van der Waals surface area (Å²) >= 11 is 0. The molecule has 0 radical (unpaired) electrons. The van der Waals surface area contributed by atoms with E-state index in [0.29, 0.717) is 42.5 Å². The van der Waals surface area contributed by atoms with Crippen LogP contribution in [0.3, 0.4) is 0 Å². The second-order valence-electron chi connectivity index (χ2n) is 6.70. The molecule has 162 valence electrons. The van der Waals surface area contributed by atoms with Crippen molar-refractivity contribution in [1.82, 2.24) is 9.21 Å². The van der Waals surface area contributed by atoms with Crippen molar-refractivity contribution in [3.05, 3.63) is 48.0 Å². The number of piperazine rings is 1. The quantitative estimate of drug-likeness (QED) is 0.665. The molecule has 2 aromatic carbocycles. The van der Waals surface area contributed by atoms with Gasteiger partial charge in [-0.3, -0.25) is 4.79 Å². The van der Waals surface area contributed by atoms with Crippen LogP contribution in [0.4, 0.5) is 0 Å². The minimum Gasteiger partial charge on any atom is -0.497 e. The Morgan fingerprint density at radius 2 is 1.47 bits per heavy atom. The maximum Gasteiger partial charge on any atom is 0.254 e. The molecule has 1 saturated heterocycles. The van der Waals surface area contributed by atoms with Gasteiger partial charge in [0, 0.05) is 37.8 Å². The summed E-state index contributed by atoms with van der Waals surface area (Å²) < 4.78 is 43.0. The lowest BCUT2D eigenvalue weighted by molar-refractivity contribution is 0.0697. The number of amides is 1. The van der Waals surface area contributed by atoms with Crippen LogP contribution in [0.5, 0.6) is 17.2 Å². The van der Waals surface area contributed by atoms with E-state index in [1.807, 2.05) is 6.92 Å². The zero-order valence-electron chi connectivity index (χ0n) is 17.3. The predicted octanol–water partition coefficient (Wildman–Crippen LogP) is 2.25. The van der Waals surface area contributed by atoms with E-state index in [2.05, 4.69) is 0 Å². The highest BCUT2D eigenvalue weighted by atomic mass is 32.2. The van der Waals surface area contributed by atoms with Gasteiger partial charge in [-0.2, -0.15) is 4.31 Å². The molecule has 1 fully saturated rings. The van der Waals surface area contributed by atoms with Gasteiger partial charge in [-0.1, -0.05) is 0 Å². The molecule has 8 nitrogen and oxygen atoms in total. The highest BCUT2D eigenvalue weighted by Gasteiger charge is 2.30. The van der Waals surface area contributed by atoms with Crippen molar-refractivity contribution < 1.29 is 27.4 Å². The third-order valence-corrected chi connectivity index (χ3v) is 6.81. The number of hydrogen-bond donors (Lipinski definition) is 0. The van der Waals surface area contributed by atoms with Crippen molar-refractivity contribution in [2.45, 2.75) is 11.8 Å². The number of hydrogen-bond acceptors (Lipinski definition) is 6. The lowest BCUT2D eigenvalue weighted by Crippen LogP contribution is -2.50. The second-order valence-corrected chi connectivity index (χ2v) is 8.64. The van der Waals surface area contributed by atoms with Gasteiger partial charge in [0.1, 0.15) is 17.2 Å². The third kappa shape index (κ3) is 4.68. The number of rotatable bonds is 7. The molecule has 0 bridgehead atoms. The van der Waals surface area contributed by atoms with Crippen LogP contribution >= 0.6 is 0 Å². The molecule has 1 heterocycles. The average molecular weight is 435 g/mol. The van der Waals surface area contributed by atoms with E-state index in [4.69, 9.17) is 14.2 Å². The van der Waals surface area contributed by atoms with E-state index in [1.54, 1.807) is 47.4 Å². The lowest BCUT2D eigenvalue weighted by Gasteiger charge is -2.34. The Kier molecular flexibility index (Phi) is 6.84. The van der Waals surface area contributed by atoms with Gasteiger partial charge < -0.3 is 19.1 Å². The fourth-order valence-corrected chi connectivity index (χ4v) is 4.69. The summed E-state index contributed by atoms with van der Waals surface area (Å²) in [7, 11) is -0.586. The predicted molar refractivity (Wildman–Crippen MR) is 112 cm³/mol. The first kappa shape index (κ1) is 21.9. The Hall–Kier alpha value is -2.78. The van der Waals surface area contributed by atoms with Gasteiger partial charge >= 0.3 is 0 Å². The molecule has 1 amide bonds. The van der Waals surface area contributed by atoms with Crippen molar-refractivity contribution in [2.75, 3.05) is 47.0 Å². The first-order chi connectivity index (χ1) is 14.4. The van der Waals surface area contributed by atoms with E-state index in [1.165, 1.54) is 18.5 Å². The summed E-state index contributed by atoms with van der Waals surface area (Å²) in [4.78, 5) is 14.7. The van der Waals surface area contributed by atoms with Crippen LogP contribution in [-0.2, 0) is 10.0 Å². The molecule has 1 aliphatic rings. The number of carbonyl (C=O) groups is 1. The molecule has 0 saturated carbocycles. The molecule has 9 heteroatoms. The summed E-state index contributed by atoms with van der Waals surface area (Å²) in [5.41, 5.74) is 0.439. The van der Waals surface area contributed by atoms with Crippen molar-refractivity contribution >= 4 is 15.9 Å². The molecule has 0 N–H and O–H groups in total. The van der Waals surface area contributed by atoms with Gasteiger partial charge in [-0.25, -0.2) is 8.42 Å². The summed E-state index contributed by atoms with van der Waals surface area (Å²) in [6, 6.07) is 11.4. The number of methoxy groups -OCH3 is 2. The zero-order chi connectivity index (χ0) is 21.7. The van der Waals surface area contributed by atoms with Crippen molar-refractivity contribution in [3.63, 3.8) is 0 Å². The van der Waals surface area contributed by atoms with E-state index in [9.17, 15) is 13.2 Å². The summed E-state index contributed by atoms with van der Waals surface area (Å²) in [6.45, 7) is 3.43. The number of carbonyl (C=O) groups excluding carboxylic acids is 1. The largest absolute Gasteiger partial charge is 0.497 e.